The van der Waals surface area contributed by atoms with Crippen LogP contribution in [0.1, 0.15) is 104 Å². The van der Waals surface area contributed by atoms with Gasteiger partial charge in [-0.05, 0) is 114 Å². The minimum atomic E-state index is -3.63. The Morgan fingerprint density at radius 3 is 2.56 bits per heavy atom. The van der Waals surface area contributed by atoms with Gasteiger partial charge in [0.05, 0.1) is 16.6 Å². The lowest BCUT2D eigenvalue weighted by molar-refractivity contribution is 0.0596. The molecule has 1 aromatic carbocycles. The van der Waals surface area contributed by atoms with Crippen LogP contribution in [-0.2, 0) is 10.0 Å². The van der Waals surface area contributed by atoms with E-state index in [0.717, 1.165) is 36.3 Å². The lowest BCUT2D eigenvalue weighted by atomic mass is 9.60. The number of hydrogen-bond acceptors (Lipinski definition) is 4. The minimum Gasteiger partial charge on any atom is -0.393 e. The van der Waals surface area contributed by atoms with Gasteiger partial charge < -0.3 is 10.2 Å². The number of allylic oxidation sites excluding steroid dienone is 3. The van der Waals surface area contributed by atoms with Crippen LogP contribution in [-0.4, -0.2) is 36.4 Å². The van der Waals surface area contributed by atoms with Gasteiger partial charge in [-0.2, -0.15) is 0 Å². The Hall–Kier alpha value is -1.47. The van der Waals surface area contributed by atoms with Gasteiger partial charge in [0.1, 0.15) is 0 Å². The number of aliphatic hydroxyl groups excluding tert-OH is 1. The molecular formula is C33H51NO4S. The number of sulfonamides is 1. The summed E-state index contributed by atoms with van der Waals surface area (Å²) in [5.41, 5.74) is 3.43. The van der Waals surface area contributed by atoms with Gasteiger partial charge in [0.25, 0.3) is 0 Å². The lowest BCUT2D eigenvalue weighted by Gasteiger charge is -2.44. The highest BCUT2D eigenvalue weighted by atomic mass is 32.2. The second kappa shape index (κ2) is 12.2. The van der Waals surface area contributed by atoms with Crippen LogP contribution in [0.5, 0.6) is 0 Å². The standard InChI is InChI=1S/C33H51NO4S/c1-23-10-14-29(15-11-23)39(37,38)34-27-20-25(21-28(35)22-27)12-13-26-9-7-19-33(5)30(16-17-31(26)33)24(2)8-6-18-32(3,4)36/h10-15,24,27-28,30-31,34-36H,6-9,16-22H2,1-5H3/b25-12-,26-13+/t24-,27+,28-,30-,31+,33-/m1/s1. The lowest BCUT2D eigenvalue weighted by Crippen LogP contribution is -2.40. The Kier molecular flexibility index (Phi) is 9.52. The molecule has 0 bridgehead atoms. The van der Waals surface area contributed by atoms with E-state index in [0.29, 0.717) is 36.5 Å². The quantitative estimate of drug-likeness (QED) is 0.310. The summed E-state index contributed by atoms with van der Waals surface area (Å²) in [4.78, 5) is 0.271. The second-order valence-electron chi connectivity index (χ2n) is 13.8. The first-order valence-electron chi connectivity index (χ1n) is 15.1. The van der Waals surface area contributed by atoms with Crippen LogP contribution >= 0.6 is 0 Å². The molecule has 3 saturated carbocycles. The van der Waals surface area contributed by atoms with Gasteiger partial charge in [-0.3, -0.25) is 0 Å². The van der Waals surface area contributed by atoms with Crippen molar-refractivity contribution < 1.29 is 18.6 Å². The maximum atomic E-state index is 13.0. The smallest absolute Gasteiger partial charge is 0.240 e. The van der Waals surface area contributed by atoms with Gasteiger partial charge in [-0.25, -0.2) is 13.1 Å². The average molecular weight is 558 g/mol. The Labute approximate surface area is 237 Å². The zero-order chi connectivity index (χ0) is 28.4. The molecule has 4 rings (SSSR count). The Bertz CT molecular complexity index is 1150. The monoisotopic (exact) mass is 557 g/mol. The molecule has 3 N–H and O–H groups in total. The first kappa shape index (κ1) is 30.5. The SMILES string of the molecule is Cc1ccc(S(=O)(=O)N[C@H]2C/C(=C/C=C3\CCC[C@]4(C)[C@@H]([C@H](C)CCCC(C)(C)O)CC[C@@H]34)C[C@@H](O)C2)cc1. The Morgan fingerprint density at radius 2 is 1.87 bits per heavy atom. The van der Waals surface area contributed by atoms with Crippen molar-refractivity contribution in [2.24, 2.45) is 23.2 Å². The summed E-state index contributed by atoms with van der Waals surface area (Å²) in [7, 11) is -3.63. The van der Waals surface area contributed by atoms with Gasteiger partial charge in [0.2, 0.25) is 10.0 Å². The summed E-state index contributed by atoms with van der Waals surface area (Å²) in [6.45, 7) is 10.7. The molecule has 0 heterocycles. The Balaban J connectivity index is 1.42. The van der Waals surface area contributed by atoms with Crippen LogP contribution in [0.4, 0.5) is 0 Å². The number of nitrogens with one attached hydrogen (secondary N) is 1. The largest absolute Gasteiger partial charge is 0.393 e. The predicted molar refractivity (Wildman–Crippen MR) is 159 cm³/mol. The first-order valence-corrected chi connectivity index (χ1v) is 16.6. The van der Waals surface area contributed by atoms with E-state index < -0.39 is 21.7 Å². The number of hydrogen-bond donors (Lipinski definition) is 3. The predicted octanol–water partition coefficient (Wildman–Crippen LogP) is 6.83. The molecule has 0 aromatic heterocycles. The number of aliphatic hydroxyl groups is 2. The molecule has 0 aliphatic heterocycles. The maximum Gasteiger partial charge on any atom is 0.240 e. The third-order valence-corrected chi connectivity index (χ3v) is 11.5. The van der Waals surface area contributed by atoms with Crippen molar-refractivity contribution in [3.8, 4) is 0 Å². The van der Waals surface area contributed by atoms with Crippen molar-refractivity contribution in [2.75, 3.05) is 0 Å². The fourth-order valence-corrected chi connectivity index (χ4v) is 9.17. The highest BCUT2D eigenvalue weighted by Crippen LogP contribution is 2.60. The Morgan fingerprint density at radius 1 is 1.15 bits per heavy atom. The van der Waals surface area contributed by atoms with Crippen molar-refractivity contribution in [1.82, 2.24) is 4.72 Å². The fraction of sp³-hybridized carbons (Fsp3) is 0.697. The molecule has 0 saturated heterocycles. The van der Waals surface area contributed by atoms with E-state index in [2.05, 4.69) is 30.7 Å². The molecule has 0 amide bonds. The number of fused-ring (bicyclic) bond motifs is 1. The van der Waals surface area contributed by atoms with E-state index in [1.165, 1.54) is 32.1 Å². The van der Waals surface area contributed by atoms with Gasteiger partial charge in [0, 0.05) is 6.04 Å². The third-order valence-electron chi connectivity index (χ3n) is 9.92. The molecule has 0 radical (unpaired) electrons. The van der Waals surface area contributed by atoms with E-state index >= 15 is 0 Å². The van der Waals surface area contributed by atoms with Crippen LogP contribution in [0.25, 0.3) is 0 Å². The van der Waals surface area contributed by atoms with Crippen LogP contribution in [0.3, 0.4) is 0 Å². The molecule has 0 spiro atoms. The van der Waals surface area contributed by atoms with Gasteiger partial charge in [-0.15, -0.1) is 0 Å². The number of benzene rings is 1. The minimum absolute atomic E-state index is 0.271. The molecule has 1 aromatic rings. The summed E-state index contributed by atoms with van der Waals surface area (Å²) in [5.74, 6) is 1.99. The van der Waals surface area contributed by atoms with E-state index in [-0.39, 0.29) is 10.9 Å². The third kappa shape index (κ3) is 7.63. The van der Waals surface area contributed by atoms with Crippen molar-refractivity contribution in [3.63, 3.8) is 0 Å². The van der Waals surface area contributed by atoms with Crippen LogP contribution in [0, 0.1) is 30.1 Å². The normalized spacial score (nSPS) is 32.9. The molecule has 0 unspecified atom stereocenters. The van der Waals surface area contributed by atoms with Crippen LogP contribution < -0.4 is 4.72 Å². The fourth-order valence-electron chi connectivity index (χ4n) is 7.93. The molecular weight excluding hydrogens is 506 g/mol. The maximum absolute atomic E-state index is 13.0. The van der Waals surface area contributed by atoms with E-state index in [9.17, 15) is 18.6 Å². The first-order chi connectivity index (χ1) is 18.3. The van der Waals surface area contributed by atoms with Crippen LogP contribution in [0.2, 0.25) is 0 Å². The topological polar surface area (TPSA) is 86.6 Å². The van der Waals surface area contributed by atoms with Crippen LogP contribution in [0.15, 0.2) is 52.5 Å². The van der Waals surface area contributed by atoms with Crippen molar-refractivity contribution in [2.45, 2.75) is 128 Å². The summed E-state index contributed by atoms with van der Waals surface area (Å²) in [6, 6.07) is 6.60. The second-order valence-corrected chi connectivity index (χ2v) is 15.5. The highest BCUT2D eigenvalue weighted by molar-refractivity contribution is 7.89. The highest BCUT2D eigenvalue weighted by Gasteiger charge is 2.50. The molecule has 218 valence electrons. The number of aryl methyl sites for hydroxylation is 1. The van der Waals surface area contributed by atoms with E-state index in [1.54, 1.807) is 17.7 Å². The molecule has 6 atom stereocenters. The molecule has 5 nitrogen and oxygen atoms in total. The van der Waals surface area contributed by atoms with Crippen molar-refractivity contribution in [1.29, 1.82) is 0 Å². The zero-order valence-electron chi connectivity index (χ0n) is 24.7. The molecule has 3 aliphatic carbocycles. The van der Waals surface area contributed by atoms with E-state index in [1.807, 2.05) is 32.9 Å². The van der Waals surface area contributed by atoms with Crippen molar-refractivity contribution in [3.05, 3.63) is 53.1 Å². The van der Waals surface area contributed by atoms with Gasteiger partial charge >= 0.3 is 0 Å². The molecule has 39 heavy (non-hydrogen) atoms. The number of rotatable bonds is 9. The molecule has 3 aliphatic rings. The summed E-state index contributed by atoms with van der Waals surface area (Å²) in [5, 5.41) is 20.7. The average Bonchev–Trinajstić information content (AvgIpc) is 3.19. The van der Waals surface area contributed by atoms with Crippen molar-refractivity contribution >= 4 is 10.0 Å². The van der Waals surface area contributed by atoms with E-state index in [4.69, 9.17) is 0 Å². The van der Waals surface area contributed by atoms with Gasteiger partial charge in [0.15, 0.2) is 0 Å². The molecule has 6 heteroatoms. The zero-order valence-corrected chi connectivity index (χ0v) is 25.6. The summed E-state index contributed by atoms with van der Waals surface area (Å²) in [6.07, 6.45) is 14.9. The molecule has 3 fully saturated rings. The summed E-state index contributed by atoms with van der Waals surface area (Å²) < 4.78 is 28.8. The van der Waals surface area contributed by atoms with Gasteiger partial charge in [-0.1, -0.05) is 67.7 Å². The summed E-state index contributed by atoms with van der Waals surface area (Å²) >= 11 is 0.